The Kier molecular flexibility index (Phi) is 6.61. The number of aromatic nitrogens is 3. The van der Waals surface area contributed by atoms with Gasteiger partial charge in [0.15, 0.2) is 0 Å². The molecule has 0 saturated carbocycles. The van der Waals surface area contributed by atoms with Crippen LogP contribution in [0, 0.1) is 0 Å². The van der Waals surface area contributed by atoms with Gasteiger partial charge in [0.05, 0.1) is 13.0 Å². The summed E-state index contributed by atoms with van der Waals surface area (Å²) in [7, 11) is 0. The molecular weight excluding hydrogens is 397 g/mol. The van der Waals surface area contributed by atoms with Gasteiger partial charge in [-0.3, -0.25) is 9.78 Å². The smallest absolute Gasteiger partial charge is 0.433 e. The number of anilines is 2. The lowest BCUT2D eigenvalue weighted by Crippen LogP contribution is -2.10. The number of hydrogen-bond donors (Lipinski definition) is 1. The van der Waals surface area contributed by atoms with Crippen LogP contribution < -0.4 is 5.32 Å². The molecule has 0 saturated heterocycles. The number of aryl methyl sites for hydroxylation is 1. The second-order valence-electron chi connectivity index (χ2n) is 6.31. The molecule has 3 aromatic rings. The fourth-order valence-corrected chi connectivity index (χ4v) is 2.69. The van der Waals surface area contributed by atoms with Crippen molar-refractivity contribution in [1.82, 2.24) is 15.0 Å². The van der Waals surface area contributed by atoms with E-state index in [1.54, 1.807) is 31.3 Å². The summed E-state index contributed by atoms with van der Waals surface area (Å²) >= 11 is 0. The first-order chi connectivity index (χ1) is 14.3. The van der Waals surface area contributed by atoms with Crippen molar-refractivity contribution in [2.75, 3.05) is 11.9 Å². The monoisotopic (exact) mass is 416 g/mol. The van der Waals surface area contributed by atoms with E-state index in [0.29, 0.717) is 18.7 Å². The molecule has 1 N–H and O–H groups in total. The summed E-state index contributed by atoms with van der Waals surface area (Å²) in [4.78, 5) is 23.1. The lowest BCUT2D eigenvalue weighted by Gasteiger charge is -2.10. The highest BCUT2D eigenvalue weighted by Crippen LogP contribution is 2.28. The number of esters is 1. The molecule has 0 radical (unpaired) electrons. The Bertz CT molecular complexity index is 1010. The molecule has 0 amide bonds. The van der Waals surface area contributed by atoms with Crippen molar-refractivity contribution < 1.29 is 22.7 Å². The molecule has 3 rings (SSSR count). The number of benzene rings is 1. The van der Waals surface area contributed by atoms with Crippen LogP contribution in [0.3, 0.4) is 0 Å². The first-order valence-electron chi connectivity index (χ1n) is 9.23. The molecule has 0 aliphatic heterocycles. The lowest BCUT2D eigenvalue weighted by molar-refractivity contribution is -0.143. The number of nitrogens with one attached hydrogen (secondary N) is 1. The molecule has 30 heavy (non-hydrogen) atoms. The number of alkyl halides is 3. The maximum absolute atomic E-state index is 12.8. The van der Waals surface area contributed by atoms with Crippen LogP contribution in [0.25, 0.3) is 11.1 Å². The molecule has 0 aliphatic rings. The lowest BCUT2D eigenvalue weighted by atomic mass is 10.1. The van der Waals surface area contributed by atoms with Gasteiger partial charge in [0.1, 0.15) is 5.69 Å². The second-order valence-corrected chi connectivity index (χ2v) is 6.31. The summed E-state index contributed by atoms with van der Waals surface area (Å²) in [6.07, 6.45) is -1.06. The Morgan fingerprint density at radius 2 is 1.93 bits per heavy atom. The quantitative estimate of drug-likeness (QED) is 0.558. The number of halogens is 3. The van der Waals surface area contributed by atoms with Gasteiger partial charge in [0.2, 0.25) is 5.95 Å². The maximum Gasteiger partial charge on any atom is 0.433 e. The predicted molar refractivity (Wildman–Crippen MR) is 105 cm³/mol. The molecule has 0 spiro atoms. The van der Waals surface area contributed by atoms with Gasteiger partial charge in [-0.15, -0.1) is 0 Å². The summed E-state index contributed by atoms with van der Waals surface area (Å²) in [5.74, 6) is -0.409. The highest BCUT2D eigenvalue weighted by molar-refractivity contribution is 5.70. The topological polar surface area (TPSA) is 77.0 Å². The molecule has 2 aromatic heterocycles. The SMILES string of the molecule is CCOC(=O)CCc1ccc(-c2cccc(Nc3nccc(C(F)(F)F)n3)c2)cn1. The van der Waals surface area contributed by atoms with Gasteiger partial charge in [-0.25, -0.2) is 9.97 Å². The maximum atomic E-state index is 12.8. The normalized spacial score (nSPS) is 11.2. The first-order valence-corrected chi connectivity index (χ1v) is 9.23. The van der Waals surface area contributed by atoms with Crippen molar-refractivity contribution in [2.45, 2.75) is 25.9 Å². The van der Waals surface area contributed by atoms with Crippen LogP contribution in [-0.2, 0) is 22.1 Å². The van der Waals surface area contributed by atoms with Crippen LogP contribution in [0.5, 0.6) is 0 Å². The molecule has 0 unspecified atom stereocenters. The fourth-order valence-electron chi connectivity index (χ4n) is 2.69. The molecule has 1 aromatic carbocycles. The van der Waals surface area contributed by atoms with Crippen LogP contribution in [0.2, 0.25) is 0 Å². The van der Waals surface area contributed by atoms with Crippen LogP contribution >= 0.6 is 0 Å². The number of hydrogen-bond acceptors (Lipinski definition) is 6. The zero-order valence-electron chi connectivity index (χ0n) is 16.1. The largest absolute Gasteiger partial charge is 0.466 e. The number of ether oxygens (including phenoxy) is 1. The first kappa shape index (κ1) is 21.2. The average Bonchev–Trinajstić information content (AvgIpc) is 2.73. The summed E-state index contributed by atoms with van der Waals surface area (Å²) in [5.41, 5.74) is 1.93. The third-order valence-electron chi connectivity index (χ3n) is 4.11. The minimum atomic E-state index is -4.54. The molecule has 0 aliphatic carbocycles. The van der Waals surface area contributed by atoms with Gasteiger partial charge in [-0.2, -0.15) is 13.2 Å². The summed E-state index contributed by atoms with van der Waals surface area (Å²) in [6.45, 7) is 2.11. The third kappa shape index (κ3) is 5.76. The van der Waals surface area contributed by atoms with E-state index >= 15 is 0 Å². The van der Waals surface area contributed by atoms with Gasteiger partial charge >= 0.3 is 12.1 Å². The molecular formula is C21H19F3N4O2. The van der Waals surface area contributed by atoms with Crippen molar-refractivity contribution in [2.24, 2.45) is 0 Å². The number of rotatable bonds is 7. The van der Waals surface area contributed by atoms with E-state index in [9.17, 15) is 18.0 Å². The minimum absolute atomic E-state index is 0.144. The molecule has 9 heteroatoms. The van der Waals surface area contributed by atoms with Crippen molar-refractivity contribution in [3.63, 3.8) is 0 Å². The highest BCUT2D eigenvalue weighted by atomic mass is 19.4. The predicted octanol–water partition coefficient (Wildman–Crippen LogP) is 4.80. The van der Waals surface area contributed by atoms with E-state index in [4.69, 9.17) is 4.74 Å². The average molecular weight is 416 g/mol. The molecule has 6 nitrogen and oxygen atoms in total. The van der Waals surface area contributed by atoms with Gasteiger partial charge in [0.25, 0.3) is 0 Å². The molecule has 0 fully saturated rings. The highest BCUT2D eigenvalue weighted by Gasteiger charge is 2.32. The van der Waals surface area contributed by atoms with Crippen molar-refractivity contribution in [3.05, 3.63) is 66.2 Å². The number of nitrogens with zero attached hydrogens (tertiary/aromatic N) is 3. The van der Waals surface area contributed by atoms with Crippen molar-refractivity contribution >= 4 is 17.6 Å². The van der Waals surface area contributed by atoms with E-state index in [0.717, 1.165) is 29.1 Å². The van der Waals surface area contributed by atoms with Gasteiger partial charge in [0, 0.05) is 35.8 Å². The number of carbonyl (C=O) groups excluding carboxylic acids is 1. The van der Waals surface area contributed by atoms with Crippen LogP contribution in [0.15, 0.2) is 54.9 Å². The summed E-state index contributed by atoms with van der Waals surface area (Å²) < 4.78 is 43.3. The van der Waals surface area contributed by atoms with Crippen LogP contribution in [0.1, 0.15) is 24.7 Å². The summed E-state index contributed by atoms with van der Waals surface area (Å²) in [6, 6.07) is 11.6. The Morgan fingerprint density at radius 1 is 1.10 bits per heavy atom. The van der Waals surface area contributed by atoms with E-state index < -0.39 is 11.9 Å². The molecule has 2 heterocycles. The Labute approximate surface area is 171 Å². The van der Waals surface area contributed by atoms with Gasteiger partial charge in [-0.05, 0) is 36.8 Å². The van der Waals surface area contributed by atoms with Crippen molar-refractivity contribution in [1.29, 1.82) is 0 Å². The zero-order valence-corrected chi connectivity index (χ0v) is 16.1. The Balaban J connectivity index is 1.70. The molecule has 0 bridgehead atoms. The molecule has 0 atom stereocenters. The second kappa shape index (κ2) is 9.34. The zero-order chi connectivity index (χ0) is 21.6. The van der Waals surface area contributed by atoms with E-state index in [2.05, 4.69) is 20.3 Å². The standard InChI is InChI=1S/C21H19F3N4O2/c1-2-30-19(29)9-8-16-7-6-15(13-26-16)14-4-3-5-17(12-14)27-20-25-11-10-18(28-20)21(22,23)24/h3-7,10-13H,2,8-9H2,1H3,(H,25,27,28). The molecule has 156 valence electrons. The van der Waals surface area contributed by atoms with E-state index in [1.807, 2.05) is 18.2 Å². The van der Waals surface area contributed by atoms with Crippen molar-refractivity contribution in [3.8, 4) is 11.1 Å². The Morgan fingerprint density at radius 3 is 2.63 bits per heavy atom. The van der Waals surface area contributed by atoms with Gasteiger partial charge in [-0.1, -0.05) is 18.2 Å². The van der Waals surface area contributed by atoms with E-state index in [-0.39, 0.29) is 18.3 Å². The van der Waals surface area contributed by atoms with Crippen LogP contribution in [-0.4, -0.2) is 27.5 Å². The third-order valence-corrected chi connectivity index (χ3v) is 4.11. The number of carbonyl (C=O) groups is 1. The van der Waals surface area contributed by atoms with E-state index in [1.165, 1.54) is 0 Å². The fraction of sp³-hybridized carbons (Fsp3) is 0.238. The summed E-state index contributed by atoms with van der Waals surface area (Å²) in [5, 5.41) is 2.79. The van der Waals surface area contributed by atoms with Crippen LogP contribution in [0.4, 0.5) is 24.8 Å². The number of pyridine rings is 1. The Hall–Kier alpha value is -3.49. The minimum Gasteiger partial charge on any atom is -0.466 e. The van der Waals surface area contributed by atoms with Gasteiger partial charge < -0.3 is 10.1 Å².